The van der Waals surface area contributed by atoms with Gasteiger partial charge in [-0.1, -0.05) is 16.7 Å². The molecule has 4 nitrogen and oxygen atoms in total. The van der Waals surface area contributed by atoms with Crippen LogP contribution in [-0.4, -0.2) is 4.98 Å². The maximum Gasteiger partial charge on any atom is 0.129 e. The molecule has 1 heterocycles. The van der Waals surface area contributed by atoms with E-state index in [1.54, 1.807) is 0 Å². The molecule has 12 heavy (non-hydrogen) atoms. The van der Waals surface area contributed by atoms with Crippen molar-refractivity contribution < 1.29 is 0 Å². The van der Waals surface area contributed by atoms with E-state index in [2.05, 4.69) is 15.0 Å². The van der Waals surface area contributed by atoms with Crippen molar-refractivity contribution >= 4 is 28.9 Å². The summed E-state index contributed by atoms with van der Waals surface area (Å²) in [4.78, 5) is 6.43. The molecule has 0 amide bonds. The lowest BCUT2D eigenvalue weighted by Gasteiger charge is -1.98. The lowest BCUT2D eigenvalue weighted by atomic mass is 10.3. The molecule has 0 aromatic carbocycles. The Kier molecular flexibility index (Phi) is 3.17. The third-order valence-corrected chi connectivity index (χ3v) is 1.72. The van der Waals surface area contributed by atoms with Gasteiger partial charge in [-0.05, 0) is 17.2 Å². The molecule has 0 radical (unpaired) electrons. The van der Waals surface area contributed by atoms with Gasteiger partial charge >= 0.3 is 0 Å². The van der Waals surface area contributed by atoms with Crippen molar-refractivity contribution in [3.63, 3.8) is 0 Å². The monoisotopic (exact) mass is 202 g/mol. The van der Waals surface area contributed by atoms with E-state index in [-0.39, 0.29) is 11.0 Å². The molecule has 0 saturated carbocycles. The number of azide groups is 1. The minimum absolute atomic E-state index is 0.249. The molecular weight excluding hydrogens is 199 g/mol. The zero-order valence-corrected chi connectivity index (χ0v) is 7.42. The number of aromatic nitrogens is 1. The fourth-order valence-electron chi connectivity index (χ4n) is 0.693. The third kappa shape index (κ3) is 2.01. The van der Waals surface area contributed by atoms with E-state index in [9.17, 15) is 0 Å². The molecule has 62 valence electrons. The molecule has 0 fully saturated rings. The Morgan fingerprint density at radius 1 is 1.67 bits per heavy atom. The zero-order valence-electron chi connectivity index (χ0n) is 5.91. The maximum absolute atomic E-state index is 8.18. The molecule has 6 heteroatoms. The number of rotatable bonds is 2. The van der Waals surface area contributed by atoms with Gasteiger partial charge in [0.1, 0.15) is 5.15 Å². The molecule has 1 rings (SSSR count). The first kappa shape index (κ1) is 9.13. The minimum Gasteiger partial charge on any atom is -0.244 e. The first-order chi connectivity index (χ1) is 5.77. The lowest BCUT2D eigenvalue weighted by Crippen LogP contribution is -1.81. The van der Waals surface area contributed by atoms with Crippen LogP contribution in [-0.2, 0) is 5.88 Å². The van der Waals surface area contributed by atoms with Crippen LogP contribution >= 0.6 is 23.2 Å². The second-order valence-corrected chi connectivity index (χ2v) is 2.61. The Hall–Kier alpha value is -0.960. The number of alkyl halides is 1. The van der Waals surface area contributed by atoms with Crippen molar-refractivity contribution in [3.8, 4) is 0 Å². The van der Waals surface area contributed by atoms with E-state index in [4.69, 9.17) is 28.7 Å². The van der Waals surface area contributed by atoms with Gasteiger partial charge < -0.3 is 0 Å². The van der Waals surface area contributed by atoms with Crippen LogP contribution in [0.1, 0.15) is 5.56 Å². The van der Waals surface area contributed by atoms with Crippen molar-refractivity contribution in [2.45, 2.75) is 5.88 Å². The molecule has 0 bridgehead atoms. The van der Waals surface area contributed by atoms with Gasteiger partial charge in [-0.3, -0.25) is 0 Å². The second-order valence-electron chi connectivity index (χ2n) is 1.96. The van der Waals surface area contributed by atoms with Crippen LogP contribution in [0.5, 0.6) is 0 Å². The first-order valence-electron chi connectivity index (χ1n) is 3.03. The van der Waals surface area contributed by atoms with Gasteiger partial charge in [0.2, 0.25) is 0 Å². The molecule has 0 N–H and O–H groups in total. The maximum atomic E-state index is 8.18. The van der Waals surface area contributed by atoms with Crippen molar-refractivity contribution in [2.75, 3.05) is 0 Å². The van der Waals surface area contributed by atoms with Crippen LogP contribution in [0.4, 0.5) is 5.69 Å². The Bertz CT molecular complexity index is 332. The third-order valence-electron chi connectivity index (χ3n) is 1.22. The number of hydrogen-bond acceptors (Lipinski definition) is 2. The molecule has 0 aliphatic heterocycles. The smallest absolute Gasteiger partial charge is 0.129 e. The Morgan fingerprint density at radius 3 is 3.00 bits per heavy atom. The van der Waals surface area contributed by atoms with Crippen LogP contribution in [0.2, 0.25) is 5.15 Å². The number of pyridine rings is 1. The Balaban J connectivity index is 3.20. The molecule has 0 saturated heterocycles. The predicted molar refractivity (Wildman–Crippen MR) is 47.6 cm³/mol. The highest BCUT2D eigenvalue weighted by atomic mass is 35.5. The highest BCUT2D eigenvalue weighted by Crippen LogP contribution is 2.23. The topological polar surface area (TPSA) is 61.7 Å². The molecule has 1 aromatic rings. The molecule has 0 unspecified atom stereocenters. The molecule has 0 aliphatic rings. The van der Waals surface area contributed by atoms with E-state index < -0.39 is 0 Å². The zero-order chi connectivity index (χ0) is 8.97. The summed E-state index contributed by atoms with van der Waals surface area (Å²) >= 11 is 11.1. The van der Waals surface area contributed by atoms with Crippen LogP contribution < -0.4 is 0 Å². The summed E-state index contributed by atoms with van der Waals surface area (Å²) in [5.41, 5.74) is 9.27. The molecule has 1 aromatic heterocycles. The number of nitrogens with zero attached hydrogens (tertiary/aromatic N) is 4. The van der Waals surface area contributed by atoms with Crippen LogP contribution in [0.25, 0.3) is 10.4 Å². The number of halogens is 2. The van der Waals surface area contributed by atoms with E-state index >= 15 is 0 Å². The molecular formula is C6H4Cl2N4. The van der Waals surface area contributed by atoms with Gasteiger partial charge in [0.15, 0.2) is 0 Å². The highest BCUT2D eigenvalue weighted by molar-refractivity contribution is 6.29. The highest BCUT2D eigenvalue weighted by Gasteiger charge is 2.00. The van der Waals surface area contributed by atoms with Crippen molar-refractivity contribution in [1.82, 2.24) is 4.98 Å². The summed E-state index contributed by atoms with van der Waals surface area (Å²) in [6.07, 6.45) is 1.49. The summed E-state index contributed by atoms with van der Waals surface area (Å²) in [5.74, 6) is 0.249. The normalized spacial score (nSPS) is 9.17. The van der Waals surface area contributed by atoms with Crippen LogP contribution in [0, 0.1) is 0 Å². The van der Waals surface area contributed by atoms with E-state index in [1.165, 1.54) is 12.3 Å². The molecule has 0 aliphatic carbocycles. The quantitative estimate of drug-likeness (QED) is 0.239. The molecule has 0 atom stereocenters. The van der Waals surface area contributed by atoms with Crippen LogP contribution in [0.15, 0.2) is 17.4 Å². The van der Waals surface area contributed by atoms with Gasteiger partial charge in [0.05, 0.1) is 0 Å². The predicted octanol–water partition coefficient (Wildman–Crippen LogP) is 3.42. The summed E-state index contributed by atoms with van der Waals surface area (Å²) in [6, 6.07) is 1.47. The standard InChI is InChI=1S/C6H4Cl2N4/c7-2-4-3-10-6(8)1-5(4)11-12-9/h1,3H,2H2. The van der Waals surface area contributed by atoms with Gasteiger partial charge in [0.25, 0.3) is 0 Å². The van der Waals surface area contributed by atoms with Gasteiger partial charge in [-0.2, -0.15) is 0 Å². The van der Waals surface area contributed by atoms with Crippen molar-refractivity contribution in [2.24, 2.45) is 5.11 Å². The SMILES string of the molecule is [N-]=[N+]=Nc1cc(Cl)ncc1CCl. The second kappa shape index (κ2) is 4.16. The Morgan fingerprint density at radius 2 is 2.42 bits per heavy atom. The Labute approximate surface area is 78.8 Å². The largest absolute Gasteiger partial charge is 0.244 e. The van der Waals surface area contributed by atoms with Crippen molar-refractivity contribution in [3.05, 3.63) is 33.4 Å². The first-order valence-corrected chi connectivity index (χ1v) is 3.94. The van der Waals surface area contributed by atoms with E-state index in [1.807, 2.05) is 0 Å². The average molecular weight is 203 g/mol. The summed E-state index contributed by atoms with van der Waals surface area (Å²) in [6.45, 7) is 0. The molecule has 0 spiro atoms. The minimum atomic E-state index is 0.249. The van der Waals surface area contributed by atoms with Crippen LogP contribution in [0.3, 0.4) is 0 Å². The van der Waals surface area contributed by atoms with Gasteiger partial charge in [0, 0.05) is 22.7 Å². The summed E-state index contributed by atoms with van der Waals surface area (Å²) < 4.78 is 0. The van der Waals surface area contributed by atoms with Gasteiger partial charge in [-0.25, -0.2) is 4.98 Å². The van der Waals surface area contributed by atoms with E-state index in [0.717, 1.165) is 0 Å². The number of hydrogen-bond donors (Lipinski definition) is 0. The van der Waals surface area contributed by atoms with Gasteiger partial charge in [-0.15, -0.1) is 11.6 Å². The fraction of sp³-hybridized carbons (Fsp3) is 0.167. The summed E-state index contributed by atoms with van der Waals surface area (Å²) in [5, 5.41) is 3.69. The fourth-order valence-corrected chi connectivity index (χ4v) is 1.05. The average Bonchev–Trinajstić information content (AvgIpc) is 2.05. The van der Waals surface area contributed by atoms with Crippen molar-refractivity contribution in [1.29, 1.82) is 0 Å². The van der Waals surface area contributed by atoms with E-state index in [0.29, 0.717) is 11.3 Å². The summed E-state index contributed by atoms with van der Waals surface area (Å²) in [7, 11) is 0. The lowest BCUT2D eigenvalue weighted by molar-refractivity contribution is 1.22.